The smallest absolute Gasteiger partial charge is 0.195 e. The van der Waals surface area contributed by atoms with Gasteiger partial charge < -0.3 is 9.72 Å². The molecule has 1 aliphatic carbocycles. The Hall–Kier alpha value is -3.33. The van der Waals surface area contributed by atoms with Crippen LogP contribution in [0.1, 0.15) is 5.56 Å². The summed E-state index contributed by atoms with van der Waals surface area (Å²) in [4.78, 5) is 3.16. The Morgan fingerprint density at radius 3 is 2.67 bits per heavy atom. The zero-order valence-corrected chi connectivity index (χ0v) is 14.6. The molecule has 5 rings (SSSR count). The van der Waals surface area contributed by atoms with Crippen molar-refractivity contribution in [2.45, 2.75) is 11.8 Å². The molecule has 1 aromatic heterocycles. The first-order valence-corrected chi connectivity index (χ1v) is 9.02. The summed E-state index contributed by atoms with van der Waals surface area (Å²) in [5.41, 5.74) is -0.239. The van der Waals surface area contributed by atoms with Crippen molar-refractivity contribution >= 4 is 21.7 Å². The number of aromatic amines is 1. The molecule has 2 unspecified atom stereocenters. The molecule has 0 amide bonds. The molecule has 0 aliphatic heterocycles. The van der Waals surface area contributed by atoms with Gasteiger partial charge >= 0.3 is 0 Å². The standard InChI is InChI=1S/C24H18FNO/c25-24(20-10-6-11-21-19(20)14-16-26-21)15-4-3-13-23(24)27-22-12-5-8-17-7-1-2-9-18(17)22/h1-16,23,26H. The third kappa shape index (κ3) is 2.55. The van der Waals surface area contributed by atoms with Crippen LogP contribution in [0.4, 0.5) is 4.39 Å². The number of ether oxygens (including phenoxy) is 1. The minimum atomic E-state index is -1.76. The lowest BCUT2D eigenvalue weighted by Gasteiger charge is -2.32. The number of aromatic nitrogens is 1. The Bertz CT molecular complexity index is 1180. The Morgan fingerprint density at radius 2 is 1.70 bits per heavy atom. The first-order valence-electron chi connectivity index (χ1n) is 9.02. The normalized spacial score (nSPS) is 21.7. The van der Waals surface area contributed by atoms with Gasteiger partial charge in [0.2, 0.25) is 0 Å². The van der Waals surface area contributed by atoms with Crippen molar-refractivity contribution in [3.8, 4) is 5.75 Å². The highest BCUT2D eigenvalue weighted by atomic mass is 19.1. The summed E-state index contributed by atoms with van der Waals surface area (Å²) in [5.74, 6) is 0.682. The van der Waals surface area contributed by atoms with Gasteiger partial charge in [-0.25, -0.2) is 4.39 Å². The Balaban J connectivity index is 1.61. The molecule has 3 heteroatoms. The average Bonchev–Trinajstić information content (AvgIpc) is 3.19. The lowest BCUT2D eigenvalue weighted by molar-refractivity contribution is 0.0755. The van der Waals surface area contributed by atoms with Gasteiger partial charge in [0.15, 0.2) is 11.8 Å². The first-order chi connectivity index (χ1) is 13.3. The van der Waals surface area contributed by atoms with E-state index in [1.54, 1.807) is 18.2 Å². The van der Waals surface area contributed by atoms with Gasteiger partial charge in [-0.05, 0) is 35.7 Å². The van der Waals surface area contributed by atoms with Gasteiger partial charge in [0.1, 0.15) is 5.75 Å². The summed E-state index contributed by atoms with van der Waals surface area (Å²) in [6.45, 7) is 0. The van der Waals surface area contributed by atoms with E-state index >= 15 is 4.39 Å². The van der Waals surface area contributed by atoms with E-state index in [4.69, 9.17) is 4.74 Å². The van der Waals surface area contributed by atoms with Crippen LogP contribution in [0, 0.1) is 0 Å². The molecule has 3 aromatic carbocycles. The number of rotatable bonds is 3. The van der Waals surface area contributed by atoms with Gasteiger partial charge in [-0.15, -0.1) is 0 Å². The van der Waals surface area contributed by atoms with Gasteiger partial charge in [-0.2, -0.15) is 0 Å². The molecule has 2 atom stereocenters. The van der Waals surface area contributed by atoms with Crippen molar-refractivity contribution in [2.75, 3.05) is 0 Å². The Kier molecular flexibility index (Phi) is 3.61. The van der Waals surface area contributed by atoms with Crippen molar-refractivity contribution in [1.29, 1.82) is 0 Å². The monoisotopic (exact) mass is 355 g/mol. The zero-order valence-electron chi connectivity index (χ0n) is 14.6. The molecule has 0 bridgehead atoms. The molecule has 1 N–H and O–H groups in total. The molecular weight excluding hydrogens is 337 g/mol. The van der Waals surface area contributed by atoms with Gasteiger partial charge in [0.25, 0.3) is 0 Å². The van der Waals surface area contributed by atoms with E-state index in [9.17, 15) is 0 Å². The van der Waals surface area contributed by atoms with Gasteiger partial charge in [-0.1, -0.05) is 60.7 Å². The van der Waals surface area contributed by atoms with E-state index in [1.165, 1.54) is 0 Å². The van der Waals surface area contributed by atoms with Gasteiger partial charge in [0.05, 0.1) is 0 Å². The highest BCUT2D eigenvalue weighted by Gasteiger charge is 2.41. The number of hydrogen-bond donors (Lipinski definition) is 1. The molecule has 0 saturated carbocycles. The summed E-state index contributed by atoms with van der Waals surface area (Å²) in [6, 6.07) is 21.4. The number of H-pyrrole nitrogens is 1. The fourth-order valence-electron chi connectivity index (χ4n) is 3.82. The van der Waals surface area contributed by atoms with Crippen molar-refractivity contribution in [3.63, 3.8) is 0 Å². The van der Waals surface area contributed by atoms with E-state index in [1.807, 2.05) is 79.0 Å². The second-order valence-corrected chi connectivity index (χ2v) is 6.77. The van der Waals surface area contributed by atoms with Crippen LogP contribution in [0.3, 0.4) is 0 Å². The van der Waals surface area contributed by atoms with Crippen LogP contribution >= 0.6 is 0 Å². The first kappa shape index (κ1) is 15.9. The topological polar surface area (TPSA) is 25.0 Å². The second-order valence-electron chi connectivity index (χ2n) is 6.77. The fraction of sp³-hybridized carbons (Fsp3) is 0.0833. The summed E-state index contributed by atoms with van der Waals surface area (Å²) in [7, 11) is 0. The number of hydrogen-bond acceptors (Lipinski definition) is 1. The maximum absolute atomic E-state index is 16.4. The number of alkyl halides is 1. The van der Waals surface area contributed by atoms with E-state index < -0.39 is 11.8 Å². The van der Waals surface area contributed by atoms with E-state index in [-0.39, 0.29) is 0 Å². The van der Waals surface area contributed by atoms with Crippen LogP contribution in [-0.4, -0.2) is 11.1 Å². The lowest BCUT2D eigenvalue weighted by Crippen LogP contribution is -2.38. The molecule has 0 saturated heterocycles. The zero-order chi connectivity index (χ0) is 18.3. The molecule has 4 aromatic rings. The van der Waals surface area contributed by atoms with Crippen molar-refractivity contribution in [2.24, 2.45) is 0 Å². The summed E-state index contributed by atoms with van der Waals surface area (Å²) < 4.78 is 22.6. The molecule has 0 radical (unpaired) electrons. The number of halogens is 1. The van der Waals surface area contributed by atoms with Crippen molar-refractivity contribution < 1.29 is 9.13 Å². The van der Waals surface area contributed by atoms with Crippen LogP contribution in [0.2, 0.25) is 0 Å². The molecular formula is C24H18FNO. The SMILES string of the molecule is FC1(c2cccc3[nH]ccc23)C=CC=CC1Oc1cccc2ccccc12. The van der Waals surface area contributed by atoms with E-state index in [0.717, 1.165) is 21.7 Å². The molecule has 1 aliphatic rings. The summed E-state index contributed by atoms with van der Waals surface area (Å²) in [6.07, 6.45) is 8.03. The van der Waals surface area contributed by atoms with Crippen LogP contribution in [-0.2, 0) is 5.67 Å². The quantitative estimate of drug-likeness (QED) is 0.475. The molecule has 0 spiro atoms. The minimum absolute atomic E-state index is 0.604. The molecule has 132 valence electrons. The third-order valence-corrected chi connectivity index (χ3v) is 5.16. The van der Waals surface area contributed by atoms with E-state index in [0.29, 0.717) is 11.3 Å². The van der Waals surface area contributed by atoms with E-state index in [2.05, 4.69) is 4.98 Å². The molecule has 1 heterocycles. The van der Waals surface area contributed by atoms with Gasteiger partial charge in [-0.3, -0.25) is 0 Å². The Labute approximate surface area is 156 Å². The van der Waals surface area contributed by atoms with Crippen LogP contribution in [0.15, 0.2) is 97.2 Å². The van der Waals surface area contributed by atoms with Crippen LogP contribution in [0.25, 0.3) is 21.7 Å². The van der Waals surface area contributed by atoms with Crippen molar-refractivity contribution in [1.82, 2.24) is 4.98 Å². The van der Waals surface area contributed by atoms with Crippen molar-refractivity contribution in [3.05, 3.63) is 103 Å². The fourth-order valence-corrected chi connectivity index (χ4v) is 3.82. The minimum Gasteiger partial charge on any atom is -0.482 e. The highest BCUT2D eigenvalue weighted by molar-refractivity contribution is 5.88. The third-order valence-electron chi connectivity index (χ3n) is 5.16. The molecule has 2 nitrogen and oxygen atoms in total. The molecule has 27 heavy (non-hydrogen) atoms. The maximum atomic E-state index is 16.4. The predicted octanol–water partition coefficient (Wildman–Crippen LogP) is 6.06. The average molecular weight is 355 g/mol. The summed E-state index contributed by atoms with van der Waals surface area (Å²) in [5, 5.41) is 2.92. The largest absolute Gasteiger partial charge is 0.482 e. The van der Waals surface area contributed by atoms with Gasteiger partial charge in [0, 0.05) is 28.0 Å². The Morgan fingerprint density at radius 1 is 0.852 bits per heavy atom. The molecule has 0 fully saturated rings. The summed E-state index contributed by atoms with van der Waals surface area (Å²) >= 11 is 0. The van der Waals surface area contributed by atoms with Crippen LogP contribution < -0.4 is 4.74 Å². The maximum Gasteiger partial charge on any atom is 0.195 e. The lowest BCUT2D eigenvalue weighted by atomic mass is 9.85. The van der Waals surface area contributed by atoms with Crippen LogP contribution in [0.5, 0.6) is 5.75 Å². The predicted molar refractivity (Wildman–Crippen MR) is 108 cm³/mol. The number of nitrogens with one attached hydrogen (secondary N) is 1. The number of benzene rings is 3. The highest BCUT2D eigenvalue weighted by Crippen LogP contribution is 2.41. The second kappa shape index (κ2) is 6.13. The number of allylic oxidation sites excluding steroid dienone is 2. The number of fused-ring (bicyclic) bond motifs is 2.